The van der Waals surface area contributed by atoms with Crippen LogP contribution in [0.15, 0.2) is 42.5 Å². The van der Waals surface area contributed by atoms with Crippen molar-refractivity contribution in [2.45, 2.75) is 20.4 Å². The monoisotopic (exact) mass is 354 g/mol. The largest absolute Gasteiger partial charge is 0.398 e. The number of nitrogens with one attached hydrogen (secondary N) is 1. The van der Waals surface area contributed by atoms with E-state index >= 15 is 0 Å². The van der Waals surface area contributed by atoms with Gasteiger partial charge in [-0.05, 0) is 63.0 Å². The van der Waals surface area contributed by atoms with Crippen LogP contribution in [0, 0.1) is 6.92 Å². The van der Waals surface area contributed by atoms with Crippen LogP contribution < -0.4 is 11.1 Å². The van der Waals surface area contributed by atoms with Crippen molar-refractivity contribution in [1.29, 1.82) is 0 Å². The van der Waals surface area contributed by atoms with Gasteiger partial charge >= 0.3 is 0 Å². The van der Waals surface area contributed by atoms with E-state index in [1.165, 1.54) is 5.56 Å². The summed E-state index contributed by atoms with van der Waals surface area (Å²) >= 11 is 0. The zero-order valence-electron chi connectivity index (χ0n) is 16.2. The molecule has 0 radical (unpaired) electrons. The summed E-state index contributed by atoms with van der Waals surface area (Å²) in [7, 11) is 4.24. The highest BCUT2D eigenvalue weighted by Gasteiger charge is 2.08. The van der Waals surface area contributed by atoms with Crippen LogP contribution in [0.1, 0.15) is 28.4 Å². The van der Waals surface area contributed by atoms with Crippen LogP contribution in [-0.4, -0.2) is 49.4 Å². The molecule has 0 aliphatic rings. The van der Waals surface area contributed by atoms with Crippen molar-refractivity contribution in [3.8, 4) is 0 Å². The average Bonchev–Trinajstić information content (AvgIpc) is 2.63. The fourth-order valence-corrected chi connectivity index (χ4v) is 2.57. The second kappa shape index (κ2) is 9.36. The lowest BCUT2D eigenvalue weighted by molar-refractivity contribution is 0.102. The van der Waals surface area contributed by atoms with Crippen molar-refractivity contribution < 1.29 is 4.79 Å². The van der Waals surface area contributed by atoms with Gasteiger partial charge in [0.15, 0.2) is 0 Å². The summed E-state index contributed by atoms with van der Waals surface area (Å²) < 4.78 is 0. The third-order valence-electron chi connectivity index (χ3n) is 4.61. The fourth-order valence-electron chi connectivity index (χ4n) is 2.57. The molecule has 3 N–H and O–H groups in total. The van der Waals surface area contributed by atoms with Gasteiger partial charge in [-0.15, -0.1) is 0 Å². The van der Waals surface area contributed by atoms with Gasteiger partial charge in [-0.25, -0.2) is 0 Å². The molecule has 5 heteroatoms. The number of hydrogen-bond acceptors (Lipinski definition) is 4. The molecular formula is C21H30N4O. The normalized spacial score (nSPS) is 11.2. The Hall–Kier alpha value is -2.37. The van der Waals surface area contributed by atoms with Crippen LogP contribution in [0.2, 0.25) is 0 Å². The van der Waals surface area contributed by atoms with Crippen LogP contribution in [0.3, 0.4) is 0 Å². The summed E-state index contributed by atoms with van der Waals surface area (Å²) in [5.74, 6) is -0.127. The maximum Gasteiger partial charge on any atom is 0.255 e. The molecule has 5 nitrogen and oxygen atoms in total. The van der Waals surface area contributed by atoms with Crippen molar-refractivity contribution in [2.24, 2.45) is 0 Å². The second-order valence-electron chi connectivity index (χ2n) is 6.86. The molecule has 1 amide bonds. The van der Waals surface area contributed by atoms with Crippen LogP contribution in [0.4, 0.5) is 11.4 Å². The van der Waals surface area contributed by atoms with Gasteiger partial charge in [-0.3, -0.25) is 4.79 Å². The van der Waals surface area contributed by atoms with Gasteiger partial charge in [0.1, 0.15) is 0 Å². The van der Waals surface area contributed by atoms with Crippen molar-refractivity contribution >= 4 is 17.3 Å². The Labute approximate surface area is 156 Å². The van der Waals surface area contributed by atoms with E-state index in [0.717, 1.165) is 31.7 Å². The van der Waals surface area contributed by atoms with Gasteiger partial charge in [-0.1, -0.05) is 25.1 Å². The molecule has 26 heavy (non-hydrogen) atoms. The smallest absolute Gasteiger partial charge is 0.255 e. The minimum Gasteiger partial charge on any atom is -0.398 e. The number of carbonyl (C=O) groups is 1. The first-order valence-electron chi connectivity index (χ1n) is 9.02. The van der Waals surface area contributed by atoms with Crippen LogP contribution >= 0.6 is 0 Å². The summed E-state index contributed by atoms with van der Waals surface area (Å²) in [5.41, 5.74) is 10.1. The van der Waals surface area contributed by atoms with E-state index in [0.29, 0.717) is 16.9 Å². The van der Waals surface area contributed by atoms with E-state index in [9.17, 15) is 4.79 Å². The number of nitrogen functional groups attached to an aromatic ring is 1. The number of benzene rings is 2. The number of nitrogens with two attached hydrogens (primary N) is 1. The molecular weight excluding hydrogens is 324 g/mol. The number of carbonyl (C=O) groups excluding carboxylic acids is 1. The lowest BCUT2D eigenvalue weighted by atomic mass is 10.1. The second-order valence-corrected chi connectivity index (χ2v) is 6.86. The highest BCUT2D eigenvalue weighted by atomic mass is 16.1. The predicted molar refractivity (Wildman–Crippen MR) is 109 cm³/mol. The molecule has 2 rings (SSSR count). The molecule has 0 aliphatic carbocycles. The summed E-state index contributed by atoms with van der Waals surface area (Å²) in [5, 5.41) is 2.89. The molecule has 0 heterocycles. The number of aryl methyl sites for hydroxylation is 1. The molecule has 0 unspecified atom stereocenters. The van der Waals surface area contributed by atoms with E-state index in [1.807, 2.05) is 43.3 Å². The Morgan fingerprint density at radius 3 is 2.31 bits per heavy atom. The highest BCUT2D eigenvalue weighted by molar-refractivity contribution is 6.04. The lowest BCUT2D eigenvalue weighted by Gasteiger charge is -2.21. The SMILES string of the molecule is CCN(C)CCN(C)Cc1ccc(C(=O)Nc2ccc(C)c(N)c2)cc1. The van der Waals surface area contributed by atoms with E-state index in [-0.39, 0.29) is 5.91 Å². The summed E-state index contributed by atoms with van der Waals surface area (Å²) in [6.45, 7) is 8.10. The molecule has 0 aliphatic heterocycles. The Balaban J connectivity index is 1.91. The minimum absolute atomic E-state index is 0.127. The third-order valence-corrected chi connectivity index (χ3v) is 4.61. The van der Waals surface area contributed by atoms with E-state index in [1.54, 1.807) is 6.07 Å². The molecule has 0 saturated carbocycles. The van der Waals surface area contributed by atoms with Gasteiger partial charge in [0.05, 0.1) is 0 Å². The molecule has 2 aromatic rings. The first kappa shape index (κ1) is 19.9. The van der Waals surface area contributed by atoms with Gasteiger partial charge in [-0.2, -0.15) is 0 Å². The Bertz CT molecular complexity index is 727. The Morgan fingerprint density at radius 1 is 1.04 bits per heavy atom. The number of anilines is 2. The molecule has 2 aromatic carbocycles. The van der Waals surface area contributed by atoms with Crippen LogP contribution in [0.25, 0.3) is 0 Å². The van der Waals surface area contributed by atoms with Gasteiger partial charge in [0.2, 0.25) is 0 Å². The molecule has 0 atom stereocenters. The maximum absolute atomic E-state index is 12.4. The number of rotatable bonds is 8. The van der Waals surface area contributed by atoms with E-state index < -0.39 is 0 Å². The quantitative estimate of drug-likeness (QED) is 0.715. The van der Waals surface area contributed by atoms with Crippen molar-refractivity contribution in [1.82, 2.24) is 9.80 Å². The van der Waals surface area contributed by atoms with Gasteiger partial charge in [0, 0.05) is 36.6 Å². The van der Waals surface area contributed by atoms with Gasteiger partial charge in [0.25, 0.3) is 5.91 Å². The summed E-state index contributed by atoms with van der Waals surface area (Å²) in [4.78, 5) is 17.0. The zero-order valence-corrected chi connectivity index (χ0v) is 16.2. The summed E-state index contributed by atoms with van der Waals surface area (Å²) in [6.07, 6.45) is 0. The maximum atomic E-state index is 12.4. The summed E-state index contributed by atoms with van der Waals surface area (Å²) in [6, 6.07) is 13.3. The molecule has 0 spiro atoms. The zero-order chi connectivity index (χ0) is 19.1. The molecule has 140 valence electrons. The molecule has 0 fully saturated rings. The number of likely N-dealkylation sites (N-methyl/N-ethyl adjacent to an activating group) is 2. The standard InChI is InChI=1S/C21H30N4O/c1-5-24(3)12-13-25(4)15-17-7-9-18(10-8-17)21(26)23-19-11-6-16(2)20(22)14-19/h6-11,14H,5,12-13,15,22H2,1-4H3,(H,23,26). The minimum atomic E-state index is -0.127. The van der Waals surface area contributed by atoms with Crippen molar-refractivity contribution in [2.75, 3.05) is 44.8 Å². The van der Waals surface area contributed by atoms with Gasteiger partial charge < -0.3 is 20.9 Å². The lowest BCUT2D eigenvalue weighted by Crippen LogP contribution is -2.30. The van der Waals surface area contributed by atoms with Crippen LogP contribution in [0.5, 0.6) is 0 Å². The molecule has 0 saturated heterocycles. The van der Waals surface area contributed by atoms with E-state index in [4.69, 9.17) is 5.73 Å². The Morgan fingerprint density at radius 2 is 1.69 bits per heavy atom. The van der Waals surface area contributed by atoms with E-state index in [2.05, 4.69) is 36.1 Å². The van der Waals surface area contributed by atoms with Crippen molar-refractivity contribution in [3.63, 3.8) is 0 Å². The molecule has 0 aromatic heterocycles. The average molecular weight is 354 g/mol. The Kier molecular flexibility index (Phi) is 7.18. The predicted octanol–water partition coefficient (Wildman–Crippen LogP) is 3.21. The van der Waals surface area contributed by atoms with Crippen LogP contribution in [-0.2, 0) is 6.54 Å². The fraction of sp³-hybridized carbons (Fsp3) is 0.381. The molecule has 0 bridgehead atoms. The first-order chi connectivity index (χ1) is 12.4. The third kappa shape index (κ3) is 5.86. The number of amides is 1. The first-order valence-corrected chi connectivity index (χ1v) is 9.02. The number of hydrogen-bond donors (Lipinski definition) is 2. The van der Waals surface area contributed by atoms with Crippen molar-refractivity contribution in [3.05, 3.63) is 59.2 Å². The number of nitrogens with zero attached hydrogens (tertiary/aromatic N) is 2. The highest BCUT2D eigenvalue weighted by Crippen LogP contribution is 2.18. The topological polar surface area (TPSA) is 61.6 Å².